The Labute approximate surface area is 113 Å². The third-order valence-corrected chi connectivity index (χ3v) is 3.05. The van der Waals surface area contributed by atoms with Crippen LogP contribution in [0.4, 0.5) is 10.5 Å². The Bertz CT molecular complexity index is 460. The van der Waals surface area contributed by atoms with Crippen molar-refractivity contribution >= 4 is 17.7 Å². The lowest BCUT2D eigenvalue weighted by Crippen LogP contribution is -2.38. The van der Waals surface area contributed by atoms with E-state index >= 15 is 0 Å². The predicted molar refractivity (Wildman–Crippen MR) is 74.6 cm³/mol. The molecular formula is C14H20N2O3. The van der Waals surface area contributed by atoms with Gasteiger partial charge in [0.2, 0.25) is 0 Å². The van der Waals surface area contributed by atoms with Gasteiger partial charge in [-0.15, -0.1) is 0 Å². The highest BCUT2D eigenvalue weighted by atomic mass is 16.4. The van der Waals surface area contributed by atoms with Crippen molar-refractivity contribution in [3.8, 4) is 0 Å². The molecule has 1 aromatic rings. The van der Waals surface area contributed by atoms with Crippen molar-refractivity contribution in [2.45, 2.75) is 32.7 Å². The highest BCUT2D eigenvalue weighted by Gasteiger charge is 2.15. The first-order valence-electron chi connectivity index (χ1n) is 6.32. The molecule has 2 N–H and O–H groups in total. The molecule has 0 heterocycles. The number of benzene rings is 1. The Morgan fingerprint density at radius 2 is 2.11 bits per heavy atom. The molecule has 0 saturated carbocycles. The molecule has 0 aliphatic rings. The zero-order valence-electron chi connectivity index (χ0n) is 11.5. The van der Waals surface area contributed by atoms with Gasteiger partial charge in [-0.3, -0.25) is 0 Å². The van der Waals surface area contributed by atoms with E-state index in [9.17, 15) is 9.59 Å². The first-order chi connectivity index (χ1) is 8.95. The number of rotatable bonds is 5. The maximum atomic E-state index is 12.0. The molecule has 1 unspecified atom stereocenters. The molecule has 0 spiro atoms. The largest absolute Gasteiger partial charge is 0.478 e. The molecule has 0 aromatic heterocycles. The topological polar surface area (TPSA) is 69.6 Å². The number of nitrogens with zero attached hydrogens (tertiary/aromatic N) is 1. The van der Waals surface area contributed by atoms with E-state index in [1.165, 1.54) is 12.1 Å². The van der Waals surface area contributed by atoms with Crippen LogP contribution in [-0.2, 0) is 0 Å². The van der Waals surface area contributed by atoms with Crippen LogP contribution in [0.3, 0.4) is 0 Å². The van der Waals surface area contributed by atoms with Crippen LogP contribution in [-0.4, -0.2) is 35.1 Å². The average molecular weight is 264 g/mol. The maximum absolute atomic E-state index is 12.0. The number of carboxylic acids is 1. The van der Waals surface area contributed by atoms with E-state index in [0.717, 1.165) is 12.8 Å². The Kier molecular flexibility index (Phi) is 5.36. The lowest BCUT2D eigenvalue weighted by molar-refractivity contribution is 0.0697. The summed E-state index contributed by atoms with van der Waals surface area (Å²) in [5.74, 6) is -1.01. The van der Waals surface area contributed by atoms with Crippen molar-refractivity contribution in [3.63, 3.8) is 0 Å². The summed E-state index contributed by atoms with van der Waals surface area (Å²) in [7, 11) is 1.73. The number of aromatic carboxylic acids is 1. The van der Waals surface area contributed by atoms with Crippen molar-refractivity contribution in [1.82, 2.24) is 4.90 Å². The summed E-state index contributed by atoms with van der Waals surface area (Å²) in [6, 6.07) is 6.12. The average Bonchev–Trinajstić information content (AvgIpc) is 2.38. The number of carbonyl (C=O) groups is 2. The zero-order chi connectivity index (χ0) is 14.4. The van der Waals surface area contributed by atoms with Crippen molar-refractivity contribution in [2.75, 3.05) is 12.4 Å². The minimum atomic E-state index is -1.01. The summed E-state index contributed by atoms with van der Waals surface area (Å²) in [6.07, 6.45) is 1.94. The van der Waals surface area contributed by atoms with Crippen LogP contribution in [0.1, 0.15) is 37.0 Å². The summed E-state index contributed by atoms with van der Waals surface area (Å²) in [5, 5.41) is 11.6. The van der Waals surface area contributed by atoms with Gasteiger partial charge < -0.3 is 15.3 Å². The molecule has 5 nitrogen and oxygen atoms in total. The Balaban J connectivity index is 2.71. The van der Waals surface area contributed by atoms with Gasteiger partial charge in [0.25, 0.3) is 0 Å². The van der Waals surface area contributed by atoms with Crippen LogP contribution in [0.15, 0.2) is 24.3 Å². The fraction of sp³-hybridized carbons (Fsp3) is 0.429. The van der Waals surface area contributed by atoms with Crippen molar-refractivity contribution in [1.29, 1.82) is 0 Å². The standard InChI is InChI=1S/C14H20N2O3/c1-4-6-10(2)16(3)14(19)15-12-8-5-7-11(9-12)13(17)18/h5,7-10H,4,6H2,1-3H3,(H,15,19)(H,17,18). The number of carbonyl (C=O) groups excluding carboxylic acids is 1. The second kappa shape index (κ2) is 6.78. The number of hydrogen-bond donors (Lipinski definition) is 2. The molecular weight excluding hydrogens is 244 g/mol. The van der Waals surface area contributed by atoms with Crippen molar-refractivity contribution in [3.05, 3.63) is 29.8 Å². The van der Waals surface area contributed by atoms with Crippen molar-refractivity contribution in [2.24, 2.45) is 0 Å². The Morgan fingerprint density at radius 1 is 1.42 bits per heavy atom. The third kappa shape index (κ3) is 4.28. The summed E-state index contributed by atoms with van der Waals surface area (Å²) in [6.45, 7) is 4.05. The van der Waals surface area contributed by atoms with Gasteiger partial charge >= 0.3 is 12.0 Å². The predicted octanol–water partition coefficient (Wildman–Crippen LogP) is 3.04. The van der Waals surface area contributed by atoms with Crippen LogP contribution in [0.2, 0.25) is 0 Å². The number of anilines is 1. The summed E-state index contributed by atoms with van der Waals surface area (Å²) in [5.41, 5.74) is 0.641. The molecule has 1 atom stereocenters. The molecule has 1 aromatic carbocycles. The quantitative estimate of drug-likeness (QED) is 0.858. The van der Waals surface area contributed by atoms with Gasteiger partial charge in [-0.05, 0) is 31.5 Å². The highest BCUT2D eigenvalue weighted by Crippen LogP contribution is 2.12. The number of urea groups is 1. The van der Waals surface area contributed by atoms with Gasteiger partial charge in [0.1, 0.15) is 0 Å². The first kappa shape index (κ1) is 15.0. The van der Waals surface area contributed by atoms with Crippen LogP contribution >= 0.6 is 0 Å². The van der Waals surface area contributed by atoms with Crippen molar-refractivity contribution < 1.29 is 14.7 Å². The van der Waals surface area contributed by atoms with E-state index in [1.807, 2.05) is 6.92 Å². The lowest BCUT2D eigenvalue weighted by Gasteiger charge is -2.24. The smallest absolute Gasteiger partial charge is 0.335 e. The second-order valence-corrected chi connectivity index (χ2v) is 4.56. The monoisotopic (exact) mass is 264 g/mol. The summed E-state index contributed by atoms with van der Waals surface area (Å²) < 4.78 is 0. The molecule has 1 rings (SSSR count). The Morgan fingerprint density at radius 3 is 2.68 bits per heavy atom. The fourth-order valence-corrected chi connectivity index (χ4v) is 1.75. The molecule has 0 aliphatic carbocycles. The van der Waals surface area contributed by atoms with Crippen LogP contribution in [0.25, 0.3) is 0 Å². The lowest BCUT2D eigenvalue weighted by atomic mass is 10.2. The van der Waals surface area contributed by atoms with E-state index in [4.69, 9.17) is 5.11 Å². The molecule has 19 heavy (non-hydrogen) atoms. The molecule has 5 heteroatoms. The molecule has 0 saturated heterocycles. The Hall–Kier alpha value is -2.04. The summed E-state index contributed by atoms with van der Waals surface area (Å²) >= 11 is 0. The third-order valence-electron chi connectivity index (χ3n) is 3.05. The van der Waals surface area contributed by atoms with Gasteiger partial charge in [-0.1, -0.05) is 19.4 Å². The number of nitrogens with one attached hydrogen (secondary N) is 1. The number of amides is 2. The molecule has 0 aliphatic heterocycles. The van der Waals surface area contributed by atoms with Gasteiger partial charge in [0, 0.05) is 18.8 Å². The maximum Gasteiger partial charge on any atom is 0.335 e. The van der Waals surface area contributed by atoms with Gasteiger partial charge in [-0.25, -0.2) is 9.59 Å². The second-order valence-electron chi connectivity index (χ2n) is 4.56. The van der Waals surface area contributed by atoms with Gasteiger partial charge in [0.05, 0.1) is 5.56 Å². The number of hydrogen-bond acceptors (Lipinski definition) is 2. The van der Waals surface area contributed by atoms with Gasteiger partial charge in [-0.2, -0.15) is 0 Å². The molecule has 0 fully saturated rings. The molecule has 0 radical (unpaired) electrons. The number of carboxylic acid groups (broad SMARTS) is 1. The summed E-state index contributed by atoms with van der Waals surface area (Å²) in [4.78, 5) is 24.4. The molecule has 2 amide bonds. The van der Waals surface area contributed by atoms with Crippen LogP contribution < -0.4 is 5.32 Å². The molecule has 104 valence electrons. The highest BCUT2D eigenvalue weighted by molar-refractivity contribution is 5.93. The normalized spacial score (nSPS) is 11.7. The van der Waals surface area contributed by atoms with E-state index in [1.54, 1.807) is 24.1 Å². The fourth-order valence-electron chi connectivity index (χ4n) is 1.75. The van der Waals surface area contributed by atoms with E-state index in [0.29, 0.717) is 5.69 Å². The van der Waals surface area contributed by atoms with E-state index in [-0.39, 0.29) is 17.6 Å². The van der Waals surface area contributed by atoms with E-state index < -0.39 is 5.97 Å². The first-order valence-corrected chi connectivity index (χ1v) is 6.32. The molecule has 0 bridgehead atoms. The van der Waals surface area contributed by atoms with E-state index in [2.05, 4.69) is 12.2 Å². The van der Waals surface area contributed by atoms with Crippen LogP contribution in [0.5, 0.6) is 0 Å². The SMILES string of the molecule is CCCC(C)N(C)C(=O)Nc1cccc(C(=O)O)c1. The minimum Gasteiger partial charge on any atom is -0.478 e. The van der Waals surface area contributed by atoms with Gasteiger partial charge in [0.15, 0.2) is 0 Å². The zero-order valence-corrected chi connectivity index (χ0v) is 11.5. The minimum absolute atomic E-state index is 0.146. The van der Waals surface area contributed by atoms with Crippen LogP contribution in [0, 0.1) is 0 Å².